The van der Waals surface area contributed by atoms with Gasteiger partial charge in [-0.15, -0.1) is 0 Å². The molecule has 6 rings (SSSR count). The van der Waals surface area contributed by atoms with Crippen LogP contribution in [0.1, 0.15) is 18.6 Å². The van der Waals surface area contributed by atoms with Crippen molar-refractivity contribution in [3.8, 4) is 28.6 Å². The lowest BCUT2D eigenvalue weighted by molar-refractivity contribution is -0.381. The molecule has 3 fully saturated rings. The number of fused-ring (bicyclic) bond motifs is 1. The molecule has 15 atom stereocenters. The van der Waals surface area contributed by atoms with E-state index in [-0.39, 0.29) is 5.76 Å². The maximum absolute atomic E-state index is 13.5. The molecule has 53 heavy (non-hydrogen) atoms. The van der Waals surface area contributed by atoms with E-state index in [1.807, 2.05) is 0 Å². The van der Waals surface area contributed by atoms with Gasteiger partial charge in [0.15, 0.2) is 23.6 Å². The van der Waals surface area contributed by atoms with Crippen LogP contribution in [0, 0.1) is 0 Å². The molecular formula is C34H42O19. The quantitative estimate of drug-likeness (QED) is 0.104. The number of aliphatic hydroxyl groups excluding tert-OH is 9. The minimum absolute atomic E-state index is 0.0384. The van der Waals surface area contributed by atoms with Gasteiger partial charge in [0.05, 0.1) is 32.0 Å². The predicted molar refractivity (Wildman–Crippen MR) is 174 cm³/mol. The molecule has 19 heteroatoms. The second-order valence-electron chi connectivity index (χ2n) is 13.1. The van der Waals surface area contributed by atoms with Crippen LogP contribution in [-0.4, -0.2) is 162 Å². The van der Waals surface area contributed by atoms with Gasteiger partial charge >= 0.3 is 0 Å². The van der Waals surface area contributed by atoms with Crippen molar-refractivity contribution in [3.05, 3.63) is 52.2 Å². The predicted octanol–water partition coefficient (Wildman–Crippen LogP) is -2.93. The Labute approximate surface area is 299 Å². The SMILES string of the molecule is COc1ccc(-c2cc(=O)c3c(O)cc(O)c([C@@H]4O[C@H](CO)[C@@H](O)[C@H](O)[C@H]4O[C@@H]4O[C@H](CO)[C@@H](O)[C@H](O)[C@H]4O[C@@H]4O[C@@H](C)[C@H](O)[C@@H](O)[C@H]4O)c3o2)cc1. The van der Waals surface area contributed by atoms with E-state index in [9.17, 15) is 61.0 Å². The van der Waals surface area contributed by atoms with Gasteiger partial charge in [0, 0.05) is 17.7 Å². The minimum Gasteiger partial charge on any atom is -0.507 e. The van der Waals surface area contributed by atoms with E-state index in [1.54, 1.807) is 24.3 Å². The zero-order chi connectivity index (χ0) is 38.5. The van der Waals surface area contributed by atoms with E-state index in [2.05, 4.69) is 0 Å². The molecule has 3 saturated heterocycles. The molecule has 0 bridgehead atoms. The van der Waals surface area contributed by atoms with E-state index in [1.165, 1.54) is 14.0 Å². The molecule has 0 spiro atoms. The van der Waals surface area contributed by atoms with Crippen LogP contribution in [0.3, 0.4) is 0 Å². The van der Waals surface area contributed by atoms with Gasteiger partial charge in [0.1, 0.15) is 102 Å². The number of aliphatic hydroxyl groups is 9. The molecule has 4 heterocycles. The summed E-state index contributed by atoms with van der Waals surface area (Å²) in [6.45, 7) is -0.382. The van der Waals surface area contributed by atoms with Crippen molar-refractivity contribution in [2.24, 2.45) is 0 Å². The fourth-order valence-corrected chi connectivity index (χ4v) is 6.72. The summed E-state index contributed by atoms with van der Waals surface area (Å²) >= 11 is 0. The molecule has 3 aliphatic rings. The fraction of sp³-hybridized carbons (Fsp3) is 0.559. The largest absolute Gasteiger partial charge is 0.507 e. The average Bonchev–Trinajstić information content (AvgIpc) is 3.14. The number of hydrogen-bond acceptors (Lipinski definition) is 19. The van der Waals surface area contributed by atoms with Crippen molar-refractivity contribution in [1.29, 1.82) is 0 Å². The smallest absolute Gasteiger partial charge is 0.197 e. The van der Waals surface area contributed by atoms with Gasteiger partial charge < -0.3 is 89.0 Å². The van der Waals surface area contributed by atoms with Crippen molar-refractivity contribution < 1.29 is 89.0 Å². The Morgan fingerprint density at radius 2 is 1.28 bits per heavy atom. The summed E-state index contributed by atoms with van der Waals surface area (Å²) in [5.74, 6) is -0.982. The number of benzene rings is 2. The fourth-order valence-electron chi connectivity index (χ4n) is 6.72. The molecule has 11 N–H and O–H groups in total. The van der Waals surface area contributed by atoms with E-state index in [0.717, 1.165) is 12.1 Å². The summed E-state index contributed by atoms with van der Waals surface area (Å²) in [6, 6.07) is 8.22. The zero-order valence-corrected chi connectivity index (χ0v) is 28.2. The number of phenolic OH excluding ortho intramolecular Hbond substituents is 2. The molecule has 1 aromatic heterocycles. The number of methoxy groups -OCH3 is 1. The highest BCUT2D eigenvalue weighted by Gasteiger charge is 2.54. The topological polar surface area (TPSA) is 308 Å². The second-order valence-corrected chi connectivity index (χ2v) is 13.1. The van der Waals surface area contributed by atoms with E-state index in [0.29, 0.717) is 11.3 Å². The van der Waals surface area contributed by atoms with Crippen LogP contribution in [0.15, 0.2) is 45.6 Å². The Morgan fingerprint density at radius 1 is 0.679 bits per heavy atom. The summed E-state index contributed by atoms with van der Waals surface area (Å²) in [6.07, 6.45) is -26.3. The summed E-state index contributed by atoms with van der Waals surface area (Å²) in [7, 11) is 1.46. The van der Waals surface area contributed by atoms with Crippen molar-refractivity contribution in [2.75, 3.05) is 20.3 Å². The summed E-state index contributed by atoms with van der Waals surface area (Å²) in [4.78, 5) is 13.5. The maximum atomic E-state index is 13.5. The Morgan fingerprint density at radius 3 is 1.91 bits per heavy atom. The summed E-state index contributed by atoms with van der Waals surface area (Å²) in [5, 5.41) is 117. The lowest BCUT2D eigenvalue weighted by Gasteiger charge is -2.48. The van der Waals surface area contributed by atoms with E-state index < -0.39 is 139 Å². The molecular weight excluding hydrogens is 712 g/mol. The molecule has 3 aromatic rings. The normalized spacial score (nSPS) is 37.8. The standard InChI is InChI=1S/C34H42O19/c1-11-22(40)25(43)28(46)33(48-11)53-32-27(45)24(42)19(10-36)51-34(32)52-31-26(44)23(41)18(9-35)50-30(31)21-15(38)7-14(37)20-16(39)8-17(49-29(20)21)12-3-5-13(47-2)6-4-12/h3-8,11,18-19,22-28,30-38,40-46H,9-10H2,1-2H3/t11-,18+,19+,22-,23+,24+,25+,26-,27-,28+,30-,31+,32+,33-,34-/m0/s1. The van der Waals surface area contributed by atoms with Crippen molar-refractivity contribution in [1.82, 2.24) is 0 Å². The van der Waals surface area contributed by atoms with Crippen LogP contribution < -0.4 is 10.2 Å². The number of ether oxygens (including phenoxy) is 6. The lowest BCUT2D eigenvalue weighted by atomic mass is 9.89. The van der Waals surface area contributed by atoms with Crippen LogP contribution in [0.5, 0.6) is 17.2 Å². The highest BCUT2D eigenvalue weighted by molar-refractivity contribution is 5.89. The van der Waals surface area contributed by atoms with Gasteiger partial charge in [0.25, 0.3) is 0 Å². The number of rotatable bonds is 9. The van der Waals surface area contributed by atoms with Gasteiger partial charge in [0.2, 0.25) is 0 Å². The monoisotopic (exact) mass is 754 g/mol. The van der Waals surface area contributed by atoms with Crippen molar-refractivity contribution in [3.63, 3.8) is 0 Å². The third kappa shape index (κ3) is 7.22. The lowest BCUT2D eigenvalue weighted by Crippen LogP contribution is -2.65. The van der Waals surface area contributed by atoms with Gasteiger partial charge in [-0.3, -0.25) is 4.79 Å². The van der Waals surface area contributed by atoms with Gasteiger partial charge in [-0.1, -0.05) is 0 Å². The highest BCUT2D eigenvalue weighted by atomic mass is 16.8. The van der Waals surface area contributed by atoms with Gasteiger partial charge in [-0.25, -0.2) is 0 Å². The molecule has 19 nitrogen and oxygen atoms in total. The number of aromatic hydroxyl groups is 2. The van der Waals surface area contributed by atoms with Crippen molar-refractivity contribution in [2.45, 2.75) is 98.9 Å². The number of phenols is 2. The molecule has 292 valence electrons. The van der Waals surface area contributed by atoms with Crippen LogP contribution >= 0.6 is 0 Å². The summed E-state index contributed by atoms with van der Waals surface area (Å²) in [5.41, 5.74) is -1.23. The van der Waals surface area contributed by atoms with E-state index >= 15 is 0 Å². The Balaban J connectivity index is 1.45. The third-order valence-corrected chi connectivity index (χ3v) is 9.74. The van der Waals surface area contributed by atoms with Crippen LogP contribution in [0.2, 0.25) is 0 Å². The molecule has 3 aliphatic heterocycles. The first-order chi connectivity index (χ1) is 25.2. The van der Waals surface area contributed by atoms with Crippen LogP contribution in [0.25, 0.3) is 22.3 Å². The Bertz CT molecular complexity index is 1780. The molecule has 0 unspecified atom stereocenters. The first-order valence-corrected chi connectivity index (χ1v) is 16.6. The molecule has 0 amide bonds. The minimum atomic E-state index is -2.01. The van der Waals surface area contributed by atoms with Crippen molar-refractivity contribution >= 4 is 11.0 Å². The van der Waals surface area contributed by atoms with Crippen LogP contribution in [0.4, 0.5) is 0 Å². The Hall–Kier alpha value is -3.51. The third-order valence-electron chi connectivity index (χ3n) is 9.74. The molecule has 0 saturated carbocycles. The van der Waals surface area contributed by atoms with Crippen LogP contribution in [-0.2, 0) is 23.7 Å². The molecule has 2 aromatic carbocycles. The second kappa shape index (κ2) is 15.7. The first kappa shape index (κ1) is 39.2. The molecule has 0 radical (unpaired) electrons. The first-order valence-electron chi connectivity index (χ1n) is 16.6. The molecule has 0 aliphatic carbocycles. The zero-order valence-electron chi connectivity index (χ0n) is 28.2. The highest BCUT2D eigenvalue weighted by Crippen LogP contribution is 2.45. The summed E-state index contributed by atoms with van der Waals surface area (Å²) < 4.78 is 40.3. The average molecular weight is 755 g/mol. The van der Waals surface area contributed by atoms with Gasteiger partial charge in [-0.2, -0.15) is 0 Å². The number of hydrogen-bond donors (Lipinski definition) is 11. The van der Waals surface area contributed by atoms with Gasteiger partial charge in [-0.05, 0) is 31.2 Å². The Kier molecular flexibility index (Phi) is 11.6. The van der Waals surface area contributed by atoms with E-state index in [4.69, 9.17) is 32.8 Å². The maximum Gasteiger partial charge on any atom is 0.197 e.